The van der Waals surface area contributed by atoms with Gasteiger partial charge in [-0.25, -0.2) is 0 Å². The van der Waals surface area contributed by atoms with Crippen LogP contribution in [0.25, 0.3) is 5.65 Å². The summed E-state index contributed by atoms with van der Waals surface area (Å²) in [4.78, 5) is 8.42. The molecule has 1 saturated heterocycles. The SMILES string of the molecule is CN=C(NCc1nnc2ccccn12)NCC(c1cccs1)N1CCC(C)CC1. The highest BCUT2D eigenvalue weighted by atomic mass is 32.1. The van der Waals surface area contributed by atoms with Gasteiger partial charge in [-0.3, -0.25) is 14.3 Å². The molecule has 0 radical (unpaired) electrons. The zero-order valence-electron chi connectivity index (χ0n) is 17.1. The highest BCUT2D eigenvalue weighted by Crippen LogP contribution is 2.29. The first-order valence-electron chi connectivity index (χ1n) is 10.2. The molecule has 0 saturated carbocycles. The molecule has 29 heavy (non-hydrogen) atoms. The highest BCUT2D eigenvalue weighted by molar-refractivity contribution is 7.10. The number of hydrogen-bond donors (Lipinski definition) is 2. The lowest BCUT2D eigenvalue weighted by atomic mass is 9.97. The summed E-state index contributed by atoms with van der Waals surface area (Å²) in [6.07, 6.45) is 4.52. The van der Waals surface area contributed by atoms with Gasteiger partial charge in [0, 0.05) is 24.7 Å². The number of nitrogens with zero attached hydrogens (tertiary/aromatic N) is 5. The molecule has 1 aliphatic heterocycles. The van der Waals surface area contributed by atoms with Crippen molar-refractivity contribution < 1.29 is 0 Å². The van der Waals surface area contributed by atoms with Gasteiger partial charge in [-0.2, -0.15) is 0 Å². The average molecular weight is 412 g/mol. The van der Waals surface area contributed by atoms with Crippen LogP contribution in [0.4, 0.5) is 0 Å². The van der Waals surface area contributed by atoms with Crippen molar-refractivity contribution >= 4 is 22.9 Å². The lowest BCUT2D eigenvalue weighted by Crippen LogP contribution is -2.44. The first-order chi connectivity index (χ1) is 14.2. The molecule has 1 fully saturated rings. The van der Waals surface area contributed by atoms with Crippen LogP contribution >= 0.6 is 11.3 Å². The fourth-order valence-corrected chi connectivity index (χ4v) is 4.68. The molecule has 8 heteroatoms. The molecular formula is C21H29N7S. The summed E-state index contributed by atoms with van der Waals surface area (Å²) in [6, 6.07) is 10.7. The molecule has 1 unspecified atom stereocenters. The Balaban J connectivity index is 1.38. The maximum absolute atomic E-state index is 4.40. The van der Waals surface area contributed by atoms with E-state index in [0.717, 1.165) is 43.0 Å². The molecule has 4 rings (SSSR count). The van der Waals surface area contributed by atoms with Crippen LogP contribution in [0.15, 0.2) is 46.9 Å². The number of aliphatic imine (C=N–C) groups is 1. The van der Waals surface area contributed by atoms with Gasteiger partial charge in [0.15, 0.2) is 17.4 Å². The molecule has 0 aromatic carbocycles. The molecule has 154 valence electrons. The van der Waals surface area contributed by atoms with Crippen molar-refractivity contribution in [3.05, 3.63) is 52.6 Å². The van der Waals surface area contributed by atoms with Crippen molar-refractivity contribution in [3.63, 3.8) is 0 Å². The van der Waals surface area contributed by atoms with E-state index >= 15 is 0 Å². The Morgan fingerprint density at radius 1 is 1.21 bits per heavy atom. The Bertz CT molecular complexity index is 926. The van der Waals surface area contributed by atoms with E-state index in [1.807, 2.05) is 40.1 Å². The number of hydrogen-bond acceptors (Lipinski definition) is 5. The van der Waals surface area contributed by atoms with Gasteiger partial charge in [-0.1, -0.05) is 19.1 Å². The third-order valence-electron chi connectivity index (χ3n) is 5.62. The Hall–Kier alpha value is -2.45. The summed E-state index contributed by atoms with van der Waals surface area (Å²) in [7, 11) is 1.81. The number of thiophene rings is 1. The van der Waals surface area contributed by atoms with E-state index in [-0.39, 0.29) is 0 Å². The number of rotatable bonds is 6. The van der Waals surface area contributed by atoms with Crippen LogP contribution in [0.2, 0.25) is 0 Å². The molecule has 1 aliphatic rings. The minimum Gasteiger partial charge on any atom is -0.354 e. The van der Waals surface area contributed by atoms with Gasteiger partial charge in [0.05, 0.1) is 12.6 Å². The largest absolute Gasteiger partial charge is 0.354 e. The molecule has 7 nitrogen and oxygen atoms in total. The normalized spacial score (nSPS) is 17.5. The molecular weight excluding hydrogens is 382 g/mol. The number of fused-ring (bicyclic) bond motifs is 1. The van der Waals surface area contributed by atoms with E-state index in [0.29, 0.717) is 12.6 Å². The second-order valence-electron chi connectivity index (χ2n) is 7.60. The van der Waals surface area contributed by atoms with Gasteiger partial charge >= 0.3 is 0 Å². The molecule has 3 aromatic heterocycles. The van der Waals surface area contributed by atoms with Crippen molar-refractivity contribution in [1.82, 2.24) is 30.1 Å². The number of aromatic nitrogens is 3. The van der Waals surface area contributed by atoms with Gasteiger partial charge in [0.1, 0.15) is 0 Å². The van der Waals surface area contributed by atoms with E-state index in [9.17, 15) is 0 Å². The fourth-order valence-electron chi connectivity index (χ4n) is 3.82. The molecule has 0 spiro atoms. The minimum atomic E-state index is 0.370. The smallest absolute Gasteiger partial charge is 0.191 e. The zero-order valence-corrected chi connectivity index (χ0v) is 17.9. The zero-order chi connectivity index (χ0) is 20.1. The van der Waals surface area contributed by atoms with Crippen molar-refractivity contribution in [2.45, 2.75) is 32.4 Å². The fraction of sp³-hybridized carbons (Fsp3) is 0.476. The number of guanidine groups is 1. The van der Waals surface area contributed by atoms with Gasteiger partial charge in [-0.05, 0) is 55.4 Å². The van der Waals surface area contributed by atoms with Crippen LogP contribution in [-0.2, 0) is 6.54 Å². The number of likely N-dealkylation sites (tertiary alicyclic amines) is 1. The third kappa shape index (κ3) is 4.76. The summed E-state index contributed by atoms with van der Waals surface area (Å²) < 4.78 is 1.99. The van der Waals surface area contributed by atoms with Gasteiger partial charge in [0.25, 0.3) is 0 Å². The lowest BCUT2D eigenvalue weighted by molar-refractivity contribution is 0.140. The second-order valence-corrected chi connectivity index (χ2v) is 8.58. The maximum atomic E-state index is 4.40. The highest BCUT2D eigenvalue weighted by Gasteiger charge is 2.25. The maximum Gasteiger partial charge on any atom is 0.191 e. The number of nitrogens with one attached hydrogen (secondary N) is 2. The quantitative estimate of drug-likeness (QED) is 0.482. The molecule has 0 aliphatic carbocycles. The van der Waals surface area contributed by atoms with Gasteiger partial charge in [0.2, 0.25) is 0 Å². The van der Waals surface area contributed by atoms with Crippen LogP contribution in [0, 0.1) is 5.92 Å². The van der Waals surface area contributed by atoms with Crippen molar-refractivity contribution in [3.8, 4) is 0 Å². The van der Waals surface area contributed by atoms with Crippen LogP contribution in [0.5, 0.6) is 0 Å². The van der Waals surface area contributed by atoms with E-state index in [4.69, 9.17) is 0 Å². The summed E-state index contributed by atoms with van der Waals surface area (Å²) in [5.41, 5.74) is 0.851. The van der Waals surface area contributed by atoms with Crippen molar-refractivity contribution in [1.29, 1.82) is 0 Å². The van der Waals surface area contributed by atoms with E-state index < -0.39 is 0 Å². The molecule has 3 aromatic rings. The molecule has 0 bridgehead atoms. The van der Waals surface area contributed by atoms with Crippen molar-refractivity contribution in [2.24, 2.45) is 10.9 Å². The average Bonchev–Trinajstić information content (AvgIpc) is 3.42. The summed E-state index contributed by atoms with van der Waals surface area (Å²) >= 11 is 1.83. The Morgan fingerprint density at radius 3 is 2.83 bits per heavy atom. The first-order valence-corrected chi connectivity index (χ1v) is 11.1. The second kappa shape index (κ2) is 9.37. The van der Waals surface area contributed by atoms with Crippen LogP contribution < -0.4 is 10.6 Å². The van der Waals surface area contributed by atoms with E-state index in [1.165, 1.54) is 17.7 Å². The monoisotopic (exact) mass is 411 g/mol. The van der Waals surface area contributed by atoms with Crippen LogP contribution in [0.1, 0.15) is 36.5 Å². The number of pyridine rings is 1. The lowest BCUT2D eigenvalue weighted by Gasteiger charge is -2.36. The van der Waals surface area contributed by atoms with E-state index in [1.54, 1.807) is 7.05 Å². The standard InChI is InChI=1S/C21H29N7S/c1-16-8-11-27(12-9-16)17(18-6-5-13-29-18)14-23-21(22-2)24-15-20-26-25-19-7-3-4-10-28(19)20/h3-7,10,13,16-17H,8-9,11-12,14-15H2,1-2H3,(H2,22,23,24). The molecule has 1 atom stereocenters. The molecule has 0 amide bonds. The summed E-state index contributed by atoms with van der Waals surface area (Å²) in [6.45, 7) is 6.06. The van der Waals surface area contributed by atoms with Crippen molar-refractivity contribution in [2.75, 3.05) is 26.7 Å². The predicted octanol–water partition coefficient (Wildman–Crippen LogP) is 2.93. The molecule has 4 heterocycles. The Kier molecular flexibility index (Phi) is 6.41. The van der Waals surface area contributed by atoms with E-state index in [2.05, 4.69) is 55.2 Å². The number of piperidine rings is 1. The summed E-state index contributed by atoms with van der Waals surface area (Å²) in [5.74, 6) is 2.48. The van der Waals surface area contributed by atoms with Crippen LogP contribution in [-0.4, -0.2) is 52.1 Å². The molecule has 2 N–H and O–H groups in total. The Morgan fingerprint density at radius 2 is 2.07 bits per heavy atom. The first kappa shape index (κ1) is 19.8. The van der Waals surface area contributed by atoms with Gasteiger partial charge < -0.3 is 10.6 Å². The summed E-state index contributed by atoms with van der Waals surface area (Å²) in [5, 5.41) is 17.5. The third-order valence-corrected chi connectivity index (χ3v) is 6.59. The topological polar surface area (TPSA) is 69.8 Å². The Labute approximate surface area is 175 Å². The predicted molar refractivity (Wildman–Crippen MR) is 118 cm³/mol. The van der Waals surface area contributed by atoms with Crippen LogP contribution in [0.3, 0.4) is 0 Å². The minimum absolute atomic E-state index is 0.370. The van der Waals surface area contributed by atoms with Gasteiger partial charge in [-0.15, -0.1) is 21.5 Å².